The third kappa shape index (κ3) is 2.62. The molecule has 6 nitrogen and oxygen atoms in total. The molecule has 2 aromatic heterocycles. The smallest absolute Gasteiger partial charge is 0.275 e. The van der Waals surface area contributed by atoms with Crippen molar-refractivity contribution in [1.29, 1.82) is 0 Å². The van der Waals surface area contributed by atoms with E-state index in [1.807, 2.05) is 29.3 Å². The maximum Gasteiger partial charge on any atom is 0.275 e. The monoisotopic (exact) mass is 367 g/mol. The second-order valence-electron chi connectivity index (χ2n) is 7.18. The van der Waals surface area contributed by atoms with E-state index in [0.717, 1.165) is 60.5 Å². The van der Waals surface area contributed by atoms with E-state index >= 15 is 0 Å². The van der Waals surface area contributed by atoms with Crippen molar-refractivity contribution in [3.8, 4) is 10.6 Å². The number of nitrogens with one attached hydrogen (secondary N) is 1. The summed E-state index contributed by atoms with van der Waals surface area (Å²) in [5.74, 6) is 0.0582. The first-order valence-electron chi connectivity index (χ1n) is 9.13. The summed E-state index contributed by atoms with van der Waals surface area (Å²) < 4.78 is 0. The average molecular weight is 367 g/mol. The molecule has 0 aliphatic carbocycles. The summed E-state index contributed by atoms with van der Waals surface area (Å²) >= 11 is 1.67. The number of benzene rings is 1. The lowest BCUT2D eigenvalue weighted by molar-refractivity contribution is 0.0681. The number of aromatic amines is 1. The Labute approximate surface area is 155 Å². The van der Waals surface area contributed by atoms with Gasteiger partial charge >= 0.3 is 0 Å². The second kappa shape index (κ2) is 6.17. The molecule has 26 heavy (non-hydrogen) atoms. The van der Waals surface area contributed by atoms with Crippen LogP contribution in [0.1, 0.15) is 28.2 Å². The molecule has 0 radical (unpaired) electrons. The van der Waals surface area contributed by atoms with Gasteiger partial charge in [-0.3, -0.25) is 9.89 Å². The minimum absolute atomic E-state index is 0.0582. The molecule has 3 aliphatic heterocycles. The van der Waals surface area contributed by atoms with Gasteiger partial charge in [0.15, 0.2) is 5.69 Å². The van der Waals surface area contributed by atoms with Crippen molar-refractivity contribution < 1.29 is 4.79 Å². The third-order valence-electron chi connectivity index (χ3n) is 5.55. The summed E-state index contributed by atoms with van der Waals surface area (Å²) in [4.78, 5) is 23.3. The van der Waals surface area contributed by atoms with Crippen LogP contribution in [0.5, 0.6) is 0 Å². The Morgan fingerprint density at radius 3 is 2.85 bits per heavy atom. The van der Waals surface area contributed by atoms with E-state index in [2.05, 4.69) is 27.0 Å². The molecule has 1 amide bonds. The number of fused-ring (bicyclic) bond motifs is 5. The highest BCUT2D eigenvalue weighted by Gasteiger charge is 2.33. The molecule has 3 aliphatic rings. The van der Waals surface area contributed by atoms with Gasteiger partial charge in [-0.15, -0.1) is 11.3 Å². The lowest BCUT2D eigenvalue weighted by Crippen LogP contribution is -2.41. The number of carbonyl (C=O) groups excluding carboxylic acids is 1. The molecule has 0 saturated carbocycles. The first-order chi connectivity index (χ1) is 12.7. The summed E-state index contributed by atoms with van der Waals surface area (Å²) in [7, 11) is 0. The van der Waals surface area contributed by atoms with Gasteiger partial charge in [-0.25, -0.2) is 4.98 Å². The molecule has 1 aromatic carbocycles. The van der Waals surface area contributed by atoms with Gasteiger partial charge in [0, 0.05) is 54.2 Å². The van der Waals surface area contributed by atoms with Crippen LogP contribution in [0.15, 0.2) is 24.4 Å². The lowest BCUT2D eigenvalue weighted by atomic mass is 10.0. The number of hydrogen-bond donors (Lipinski definition) is 1. The van der Waals surface area contributed by atoms with Crippen LogP contribution in [-0.4, -0.2) is 63.1 Å². The van der Waals surface area contributed by atoms with Crippen LogP contribution >= 0.6 is 11.3 Å². The maximum atomic E-state index is 13.2. The quantitative estimate of drug-likeness (QED) is 0.756. The minimum Gasteiger partial charge on any atom is -0.333 e. The SMILES string of the molecule is Cc1cnc(-c2ccc3c(C(=O)N4CCN5CCC4CC5)n[nH]c3c2)s1. The van der Waals surface area contributed by atoms with Gasteiger partial charge in [0.25, 0.3) is 5.91 Å². The first kappa shape index (κ1) is 16.0. The van der Waals surface area contributed by atoms with Crippen molar-refractivity contribution in [1.82, 2.24) is 25.0 Å². The van der Waals surface area contributed by atoms with Gasteiger partial charge in [0.2, 0.25) is 0 Å². The van der Waals surface area contributed by atoms with Gasteiger partial charge in [0.05, 0.1) is 5.52 Å². The number of thiazole rings is 1. The Bertz CT molecular complexity index is 969. The molecule has 0 unspecified atom stereocenters. The van der Waals surface area contributed by atoms with Crippen molar-refractivity contribution in [2.24, 2.45) is 0 Å². The standard InChI is InChI=1S/C19H21N5OS/c1-12-11-20-18(26-12)13-2-3-15-16(10-13)21-22-17(15)19(25)24-9-8-23-6-4-14(24)5-7-23/h2-3,10-11,14H,4-9H2,1H3,(H,21,22). The second-order valence-corrected chi connectivity index (χ2v) is 8.41. The maximum absolute atomic E-state index is 13.2. The van der Waals surface area contributed by atoms with Crippen molar-refractivity contribution in [2.45, 2.75) is 25.8 Å². The average Bonchev–Trinajstić information content (AvgIpc) is 3.16. The van der Waals surface area contributed by atoms with Gasteiger partial charge < -0.3 is 9.80 Å². The minimum atomic E-state index is 0.0582. The van der Waals surface area contributed by atoms with Gasteiger partial charge in [0.1, 0.15) is 5.01 Å². The topological polar surface area (TPSA) is 65.1 Å². The summed E-state index contributed by atoms with van der Waals surface area (Å²) in [6.07, 6.45) is 4.03. The molecule has 2 bridgehead atoms. The number of hydrogen-bond acceptors (Lipinski definition) is 5. The number of rotatable bonds is 2. The number of aromatic nitrogens is 3. The Kier molecular flexibility index (Phi) is 3.79. The van der Waals surface area contributed by atoms with Crippen molar-refractivity contribution >= 4 is 28.1 Å². The Hall–Kier alpha value is -2.25. The van der Waals surface area contributed by atoms with E-state index in [0.29, 0.717) is 11.7 Å². The molecule has 3 fully saturated rings. The van der Waals surface area contributed by atoms with Crippen molar-refractivity contribution in [3.63, 3.8) is 0 Å². The van der Waals surface area contributed by atoms with Crippen LogP contribution in [0.2, 0.25) is 0 Å². The molecular weight excluding hydrogens is 346 g/mol. The highest BCUT2D eigenvalue weighted by molar-refractivity contribution is 7.14. The van der Waals surface area contributed by atoms with E-state index in [1.54, 1.807) is 11.3 Å². The summed E-state index contributed by atoms with van der Waals surface area (Å²) in [5.41, 5.74) is 2.49. The summed E-state index contributed by atoms with van der Waals surface area (Å²) in [5, 5.41) is 9.32. The third-order valence-corrected chi connectivity index (χ3v) is 6.51. The first-order valence-corrected chi connectivity index (χ1v) is 9.95. The molecule has 3 aromatic rings. The van der Waals surface area contributed by atoms with Gasteiger partial charge in [-0.1, -0.05) is 6.07 Å². The zero-order valence-electron chi connectivity index (χ0n) is 14.7. The Morgan fingerprint density at radius 2 is 2.08 bits per heavy atom. The fourth-order valence-corrected chi connectivity index (χ4v) is 4.85. The molecule has 6 rings (SSSR count). The summed E-state index contributed by atoms with van der Waals surface area (Å²) in [6.45, 7) is 6.03. The molecule has 0 spiro atoms. The number of amides is 1. The van der Waals surface area contributed by atoms with E-state index in [9.17, 15) is 4.79 Å². The number of H-pyrrole nitrogens is 1. The van der Waals surface area contributed by atoms with Crippen molar-refractivity contribution in [3.05, 3.63) is 35.0 Å². The zero-order chi connectivity index (χ0) is 17.7. The highest BCUT2D eigenvalue weighted by Crippen LogP contribution is 2.29. The number of nitrogens with zero attached hydrogens (tertiary/aromatic N) is 4. The van der Waals surface area contributed by atoms with Crippen LogP contribution in [0.4, 0.5) is 0 Å². The molecule has 7 heteroatoms. The Balaban J connectivity index is 1.48. The molecule has 5 heterocycles. The number of carbonyl (C=O) groups is 1. The number of piperidine rings is 1. The van der Waals surface area contributed by atoms with Crippen LogP contribution in [-0.2, 0) is 0 Å². The van der Waals surface area contributed by atoms with Crippen LogP contribution in [0.25, 0.3) is 21.5 Å². The molecule has 1 N–H and O–H groups in total. The molecule has 134 valence electrons. The zero-order valence-corrected chi connectivity index (χ0v) is 15.6. The largest absolute Gasteiger partial charge is 0.333 e. The predicted octanol–water partition coefficient (Wildman–Crippen LogP) is 2.92. The predicted molar refractivity (Wildman–Crippen MR) is 102 cm³/mol. The van der Waals surface area contributed by atoms with Gasteiger partial charge in [-0.05, 0) is 31.9 Å². The van der Waals surface area contributed by atoms with Crippen LogP contribution in [0.3, 0.4) is 0 Å². The van der Waals surface area contributed by atoms with E-state index in [4.69, 9.17) is 0 Å². The molecule has 3 saturated heterocycles. The lowest BCUT2D eigenvalue weighted by Gasteiger charge is -2.31. The molecular formula is C19H21N5OS. The fourth-order valence-electron chi connectivity index (χ4n) is 4.09. The number of aryl methyl sites for hydroxylation is 1. The van der Waals surface area contributed by atoms with Crippen molar-refractivity contribution in [2.75, 3.05) is 26.2 Å². The van der Waals surface area contributed by atoms with E-state index in [1.165, 1.54) is 4.88 Å². The van der Waals surface area contributed by atoms with Crippen LogP contribution < -0.4 is 0 Å². The highest BCUT2D eigenvalue weighted by atomic mass is 32.1. The molecule has 0 atom stereocenters. The normalized spacial score (nSPS) is 22.7. The fraction of sp³-hybridized carbons (Fsp3) is 0.421. The van der Waals surface area contributed by atoms with E-state index in [-0.39, 0.29) is 5.91 Å². The van der Waals surface area contributed by atoms with Gasteiger partial charge in [-0.2, -0.15) is 5.10 Å². The Morgan fingerprint density at radius 1 is 1.23 bits per heavy atom. The van der Waals surface area contributed by atoms with E-state index < -0.39 is 0 Å². The summed E-state index contributed by atoms with van der Waals surface area (Å²) in [6, 6.07) is 6.42. The van der Waals surface area contributed by atoms with Crippen LogP contribution in [0, 0.1) is 6.92 Å².